The molecular formula is C24H30ClN3O5. The summed E-state index contributed by atoms with van der Waals surface area (Å²) >= 11 is 6.05. The van der Waals surface area contributed by atoms with Crippen LogP contribution in [0.25, 0.3) is 10.9 Å². The van der Waals surface area contributed by atoms with Crippen molar-refractivity contribution in [3.05, 3.63) is 35.5 Å². The Morgan fingerprint density at radius 3 is 2.39 bits per heavy atom. The van der Waals surface area contributed by atoms with E-state index in [-0.39, 0.29) is 11.8 Å². The van der Waals surface area contributed by atoms with Gasteiger partial charge in [-0.25, -0.2) is 0 Å². The van der Waals surface area contributed by atoms with Crippen molar-refractivity contribution in [1.82, 2.24) is 10.3 Å². The molecule has 178 valence electrons. The molecule has 0 atom stereocenters. The molecule has 1 saturated heterocycles. The average Bonchev–Trinajstić information content (AvgIpc) is 2.85. The van der Waals surface area contributed by atoms with Gasteiger partial charge in [0.25, 0.3) is 0 Å². The third-order valence-electron chi connectivity index (χ3n) is 6.87. The van der Waals surface area contributed by atoms with Crippen LogP contribution in [0.1, 0.15) is 57.8 Å². The van der Waals surface area contributed by atoms with Crippen LogP contribution in [0, 0.1) is 5.92 Å². The topological polar surface area (TPSA) is 90.9 Å². The highest BCUT2D eigenvalue weighted by atomic mass is 35.5. The molecule has 2 spiro atoms. The second-order valence-corrected chi connectivity index (χ2v) is 9.66. The summed E-state index contributed by atoms with van der Waals surface area (Å²) in [5.74, 6) is -1.67. The van der Waals surface area contributed by atoms with E-state index in [0.29, 0.717) is 43.8 Å². The molecule has 3 aliphatic rings. The van der Waals surface area contributed by atoms with Gasteiger partial charge in [-0.1, -0.05) is 18.0 Å². The fourth-order valence-electron chi connectivity index (χ4n) is 4.88. The zero-order valence-electron chi connectivity index (χ0n) is 18.6. The summed E-state index contributed by atoms with van der Waals surface area (Å²) in [6.45, 7) is 1.14. The summed E-state index contributed by atoms with van der Waals surface area (Å²) in [5, 5.41) is 8.06. The SMILES string of the molecule is O=C(NCCNc1ccnc2cc(Cl)ccc12)C1CCC2(CC1)OOC1(CCCCC1)OO2. The number of aromatic nitrogens is 1. The lowest BCUT2D eigenvalue weighted by Crippen LogP contribution is -2.53. The highest BCUT2D eigenvalue weighted by Gasteiger charge is 2.51. The summed E-state index contributed by atoms with van der Waals surface area (Å²) in [4.78, 5) is 39.8. The second kappa shape index (κ2) is 9.72. The molecule has 2 aromatic rings. The van der Waals surface area contributed by atoms with Crippen LogP contribution in [-0.4, -0.2) is 35.6 Å². The number of amides is 1. The summed E-state index contributed by atoms with van der Waals surface area (Å²) in [7, 11) is 0. The van der Waals surface area contributed by atoms with Crippen molar-refractivity contribution >= 4 is 34.1 Å². The van der Waals surface area contributed by atoms with Crippen LogP contribution < -0.4 is 10.6 Å². The predicted molar refractivity (Wildman–Crippen MR) is 123 cm³/mol. The van der Waals surface area contributed by atoms with Crippen LogP contribution in [-0.2, 0) is 24.3 Å². The molecule has 0 bridgehead atoms. The Morgan fingerprint density at radius 2 is 1.67 bits per heavy atom. The summed E-state index contributed by atoms with van der Waals surface area (Å²) < 4.78 is 0. The first-order chi connectivity index (χ1) is 16.1. The Balaban J connectivity index is 1.05. The Morgan fingerprint density at radius 1 is 0.970 bits per heavy atom. The van der Waals surface area contributed by atoms with Crippen LogP contribution in [0.15, 0.2) is 30.5 Å². The third-order valence-corrected chi connectivity index (χ3v) is 7.10. The Kier molecular flexibility index (Phi) is 6.72. The zero-order chi connectivity index (χ0) is 22.7. The van der Waals surface area contributed by atoms with Crippen LogP contribution in [0.3, 0.4) is 0 Å². The predicted octanol–water partition coefficient (Wildman–Crippen LogP) is 4.87. The number of halogens is 1. The molecule has 0 radical (unpaired) electrons. The molecule has 0 unspecified atom stereocenters. The number of rotatable bonds is 5. The molecule has 1 amide bonds. The van der Waals surface area contributed by atoms with Crippen molar-refractivity contribution in [3.63, 3.8) is 0 Å². The smallest absolute Gasteiger partial charge is 0.234 e. The van der Waals surface area contributed by atoms with Gasteiger partial charge in [-0.2, -0.15) is 19.6 Å². The number of hydrogen-bond acceptors (Lipinski definition) is 7. The second-order valence-electron chi connectivity index (χ2n) is 9.23. The fourth-order valence-corrected chi connectivity index (χ4v) is 5.04. The highest BCUT2D eigenvalue weighted by Crippen LogP contribution is 2.44. The number of carbonyl (C=O) groups excluding carboxylic acids is 1. The van der Waals surface area contributed by atoms with E-state index in [1.807, 2.05) is 24.3 Å². The largest absolute Gasteiger partial charge is 0.383 e. The molecule has 1 aliphatic heterocycles. The van der Waals surface area contributed by atoms with E-state index in [9.17, 15) is 4.79 Å². The third kappa shape index (κ3) is 5.10. The number of hydrogen-bond donors (Lipinski definition) is 2. The molecule has 2 heterocycles. The highest BCUT2D eigenvalue weighted by molar-refractivity contribution is 6.31. The average molecular weight is 476 g/mol. The number of fused-ring (bicyclic) bond motifs is 1. The van der Waals surface area contributed by atoms with Crippen molar-refractivity contribution in [3.8, 4) is 0 Å². The van der Waals surface area contributed by atoms with E-state index in [4.69, 9.17) is 31.2 Å². The first kappa shape index (κ1) is 22.8. The lowest BCUT2D eigenvalue weighted by Gasteiger charge is -2.46. The molecule has 3 fully saturated rings. The van der Waals surface area contributed by atoms with Crippen molar-refractivity contribution in [2.24, 2.45) is 5.92 Å². The summed E-state index contributed by atoms with van der Waals surface area (Å²) in [5.41, 5.74) is 1.80. The molecule has 33 heavy (non-hydrogen) atoms. The number of anilines is 1. The number of pyridine rings is 1. The lowest BCUT2D eigenvalue weighted by atomic mass is 9.84. The molecule has 1 aromatic heterocycles. The van der Waals surface area contributed by atoms with E-state index in [2.05, 4.69) is 15.6 Å². The van der Waals surface area contributed by atoms with Gasteiger partial charge in [-0.15, -0.1) is 0 Å². The Hall–Kier alpha value is -1.97. The van der Waals surface area contributed by atoms with E-state index in [1.54, 1.807) is 6.20 Å². The van der Waals surface area contributed by atoms with Gasteiger partial charge in [0, 0.05) is 67.0 Å². The van der Waals surface area contributed by atoms with Gasteiger partial charge in [-0.3, -0.25) is 9.78 Å². The number of benzene rings is 1. The number of nitrogens with zero attached hydrogens (tertiary/aromatic N) is 1. The van der Waals surface area contributed by atoms with Gasteiger partial charge in [-0.05, 0) is 49.9 Å². The molecule has 8 nitrogen and oxygen atoms in total. The lowest BCUT2D eigenvalue weighted by molar-refractivity contribution is -0.662. The van der Waals surface area contributed by atoms with Gasteiger partial charge in [0.2, 0.25) is 17.5 Å². The monoisotopic (exact) mass is 475 g/mol. The Labute approximate surface area is 198 Å². The minimum absolute atomic E-state index is 0.0550. The van der Waals surface area contributed by atoms with E-state index >= 15 is 0 Å². The Bertz CT molecular complexity index is 977. The maximum Gasteiger partial charge on any atom is 0.234 e. The molecule has 2 aliphatic carbocycles. The molecule has 2 N–H and O–H groups in total. The van der Waals surface area contributed by atoms with Gasteiger partial charge in [0.1, 0.15) is 0 Å². The van der Waals surface area contributed by atoms with Crippen molar-refractivity contribution in [2.75, 3.05) is 18.4 Å². The maximum atomic E-state index is 12.7. The van der Waals surface area contributed by atoms with Crippen LogP contribution >= 0.6 is 11.6 Å². The first-order valence-corrected chi connectivity index (χ1v) is 12.2. The number of nitrogens with one attached hydrogen (secondary N) is 2. The van der Waals surface area contributed by atoms with Crippen molar-refractivity contribution in [1.29, 1.82) is 0 Å². The summed E-state index contributed by atoms with van der Waals surface area (Å²) in [6, 6.07) is 7.55. The standard InChI is InChI=1S/C24H30ClN3O5/c25-18-4-5-19-20(8-13-26-21(19)16-18)27-14-15-28-22(29)17-6-11-24(12-7-17)32-30-23(31-33-24)9-2-1-3-10-23/h4-5,8,13,16-17H,1-3,6-7,9-12,14-15H2,(H,26,27)(H,28,29). The van der Waals surface area contributed by atoms with E-state index < -0.39 is 11.6 Å². The van der Waals surface area contributed by atoms with Crippen LogP contribution in [0.4, 0.5) is 5.69 Å². The van der Waals surface area contributed by atoms with E-state index in [0.717, 1.165) is 42.3 Å². The van der Waals surface area contributed by atoms with Gasteiger partial charge in [0.05, 0.1) is 5.52 Å². The van der Waals surface area contributed by atoms with Crippen molar-refractivity contribution < 1.29 is 24.3 Å². The first-order valence-electron chi connectivity index (χ1n) is 11.9. The molecule has 2 saturated carbocycles. The quantitative estimate of drug-likeness (QED) is 0.470. The maximum absolute atomic E-state index is 12.7. The van der Waals surface area contributed by atoms with Gasteiger partial charge < -0.3 is 10.6 Å². The number of carbonyl (C=O) groups is 1. The van der Waals surface area contributed by atoms with Crippen LogP contribution in [0.2, 0.25) is 5.02 Å². The zero-order valence-corrected chi connectivity index (χ0v) is 19.4. The van der Waals surface area contributed by atoms with Crippen molar-refractivity contribution in [2.45, 2.75) is 69.4 Å². The van der Waals surface area contributed by atoms with Gasteiger partial charge in [0.15, 0.2) is 0 Å². The molecule has 1 aromatic carbocycles. The molecule has 5 rings (SSSR count). The molecular weight excluding hydrogens is 446 g/mol. The minimum atomic E-state index is -0.896. The van der Waals surface area contributed by atoms with E-state index in [1.165, 1.54) is 6.42 Å². The fraction of sp³-hybridized carbons (Fsp3) is 0.583. The minimum Gasteiger partial charge on any atom is -0.383 e. The normalized spacial score (nSPS) is 22.5. The summed E-state index contributed by atoms with van der Waals surface area (Å²) in [6.07, 6.45) is 9.03. The molecule has 9 heteroatoms. The van der Waals surface area contributed by atoms with Crippen LogP contribution in [0.5, 0.6) is 0 Å². The van der Waals surface area contributed by atoms with Gasteiger partial charge >= 0.3 is 0 Å².